The smallest absolute Gasteiger partial charge is 0.0699 e. The first-order valence-electron chi connectivity index (χ1n) is 4.11. The van der Waals surface area contributed by atoms with Gasteiger partial charge in [0.2, 0.25) is 0 Å². The predicted octanol–water partition coefficient (Wildman–Crippen LogP) is 1.87. The van der Waals surface area contributed by atoms with Crippen molar-refractivity contribution in [3.8, 4) is 0 Å². The molecule has 2 heteroatoms. The monoisotopic (exact) mass is 165 g/mol. The Morgan fingerprint density at radius 2 is 2.08 bits per heavy atom. The zero-order valence-electron chi connectivity index (χ0n) is 7.83. The molecule has 1 aromatic heterocycles. The van der Waals surface area contributed by atoms with Crippen LogP contribution in [0.4, 0.5) is 0 Å². The summed E-state index contributed by atoms with van der Waals surface area (Å²) < 4.78 is 0. The highest BCUT2D eigenvalue weighted by atomic mass is 16.3. The third-order valence-electron chi connectivity index (χ3n) is 1.77. The molecule has 0 saturated carbocycles. The average molecular weight is 165 g/mol. The van der Waals surface area contributed by atoms with Crippen LogP contribution in [0.5, 0.6) is 0 Å². The molecule has 66 valence electrons. The van der Waals surface area contributed by atoms with E-state index in [0.717, 1.165) is 11.3 Å². The number of aliphatic hydroxyl groups excluding tert-OH is 1. The summed E-state index contributed by atoms with van der Waals surface area (Å²) in [7, 11) is 0. The van der Waals surface area contributed by atoms with Crippen molar-refractivity contribution in [2.45, 2.75) is 32.8 Å². The third-order valence-corrected chi connectivity index (χ3v) is 1.77. The van der Waals surface area contributed by atoms with Gasteiger partial charge < -0.3 is 5.11 Å². The fourth-order valence-electron chi connectivity index (χ4n) is 1.24. The molecule has 0 unspecified atom stereocenters. The van der Waals surface area contributed by atoms with Crippen LogP contribution in [-0.2, 0) is 12.0 Å². The lowest BCUT2D eigenvalue weighted by Crippen LogP contribution is -2.16. The van der Waals surface area contributed by atoms with Crippen molar-refractivity contribution < 1.29 is 5.11 Å². The summed E-state index contributed by atoms with van der Waals surface area (Å²) in [5, 5.41) is 9.04. The van der Waals surface area contributed by atoms with Crippen LogP contribution in [0.3, 0.4) is 0 Å². The predicted molar refractivity (Wildman–Crippen MR) is 48.9 cm³/mol. The Kier molecular flexibility index (Phi) is 2.48. The number of rotatable bonds is 1. The van der Waals surface area contributed by atoms with Crippen LogP contribution >= 0.6 is 0 Å². The van der Waals surface area contributed by atoms with E-state index in [2.05, 4.69) is 25.8 Å². The molecule has 0 aliphatic heterocycles. The highest BCUT2D eigenvalue weighted by molar-refractivity contribution is 5.24. The summed E-state index contributed by atoms with van der Waals surface area (Å²) in [6.07, 6.45) is 1.76. The van der Waals surface area contributed by atoms with E-state index >= 15 is 0 Å². The average Bonchev–Trinajstić information content (AvgIpc) is 2.03. The van der Waals surface area contributed by atoms with Crippen molar-refractivity contribution in [3.05, 3.63) is 29.6 Å². The Morgan fingerprint density at radius 3 is 2.50 bits per heavy atom. The zero-order valence-corrected chi connectivity index (χ0v) is 7.83. The van der Waals surface area contributed by atoms with Gasteiger partial charge in [0.1, 0.15) is 0 Å². The molecule has 0 spiro atoms. The Hall–Kier alpha value is -0.890. The van der Waals surface area contributed by atoms with E-state index < -0.39 is 0 Å². The summed E-state index contributed by atoms with van der Waals surface area (Å²) >= 11 is 0. The summed E-state index contributed by atoms with van der Waals surface area (Å²) in [6, 6.07) is 3.76. The second kappa shape index (κ2) is 3.23. The van der Waals surface area contributed by atoms with Crippen molar-refractivity contribution in [3.63, 3.8) is 0 Å². The maximum absolute atomic E-state index is 9.04. The molecule has 0 fully saturated rings. The van der Waals surface area contributed by atoms with E-state index in [-0.39, 0.29) is 12.0 Å². The molecular formula is C10H15NO. The molecule has 1 rings (SSSR count). The van der Waals surface area contributed by atoms with E-state index in [9.17, 15) is 0 Å². The lowest BCUT2D eigenvalue weighted by Gasteiger charge is -2.20. The van der Waals surface area contributed by atoms with Gasteiger partial charge in [-0.2, -0.15) is 0 Å². The SMILES string of the molecule is CC(C)(C)c1ncccc1CO. The number of pyridine rings is 1. The largest absolute Gasteiger partial charge is 0.392 e. The van der Waals surface area contributed by atoms with Crippen LogP contribution in [0.25, 0.3) is 0 Å². The highest BCUT2D eigenvalue weighted by Gasteiger charge is 2.18. The topological polar surface area (TPSA) is 33.1 Å². The molecule has 0 saturated heterocycles. The van der Waals surface area contributed by atoms with Gasteiger partial charge in [0.25, 0.3) is 0 Å². The van der Waals surface area contributed by atoms with Gasteiger partial charge in [-0.3, -0.25) is 4.98 Å². The van der Waals surface area contributed by atoms with E-state index in [4.69, 9.17) is 5.11 Å². The van der Waals surface area contributed by atoms with Gasteiger partial charge in [-0.15, -0.1) is 0 Å². The normalized spacial score (nSPS) is 11.7. The maximum Gasteiger partial charge on any atom is 0.0699 e. The van der Waals surface area contributed by atoms with Gasteiger partial charge >= 0.3 is 0 Å². The first kappa shape index (κ1) is 9.20. The molecule has 0 atom stereocenters. The van der Waals surface area contributed by atoms with Crippen LogP contribution in [0.2, 0.25) is 0 Å². The van der Waals surface area contributed by atoms with Crippen molar-refractivity contribution in [2.75, 3.05) is 0 Å². The molecule has 1 heterocycles. The van der Waals surface area contributed by atoms with E-state index in [1.807, 2.05) is 12.1 Å². The molecule has 0 aliphatic rings. The van der Waals surface area contributed by atoms with Crippen molar-refractivity contribution in [1.82, 2.24) is 4.98 Å². The number of aromatic nitrogens is 1. The van der Waals surface area contributed by atoms with Crippen molar-refractivity contribution in [1.29, 1.82) is 0 Å². The van der Waals surface area contributed by atoms with Gasteiger partial charge in [0.15, 0.2) is 0 Å². The first-order valence-corrected chi connectivity index (χ1v) is 4.11. The molecule has 0 radical (unpaired) electrons. The summed E-state index contributed by atoms with van der Waals surface area (Å²) in [5.74, 6) is 0. The Morgan fingerprint density at radius 1 is 1.42 bits per heavy atom. The number of aliphatic hydroxyl groups is 1. The van der Waals surface area contributed by atoms with Crippen molar-refractivity contribution >= 4 is 0 Å². The standard InChI is InChI=1S/C10H15NO/c1-10(2,3)9-8(7-12)5-4-6-11-9/h4-6,12H,7H2,1-3H3. The minimum atomic E-state index is 0.0132. The lowest BCUT2D eigenvalue weighted by atomic mass is 9.88. The van der Waals surface area contributed by atoms with Crippen LogP contribution in [-0.4, -0.2) is 10.1 Å². The van der Waals surface area contributed by atoms with Gasteiger partial charge in [0.05, 0.1) is 12.3 Å². The van der Waals surface area contributed by atoms with Crippen LogP contribution in [0.15, 0.2) is 18.3 Å². The molecular weight excluding hydrogens is 150 g/mol. The lowest BCUT2D eigenvalue weighted by molar-refractivity contribution is 0.277. The highest BCUT2D eigenvalue weighted by Crippen LogP contribution is 2.22. The van der Waals surface area contributed by atoms with Crippen LogP contribution in [0, 0.1) is 0 Å². The Balaban J connectivity index is 3.14. The Bertz CT molecular complexity index is 263. The van der Waals surface area contributed by atoms with E-state index in [1.54, 1.807) is 6.20 Å². The fourth-order valence-corrected chi connectivity index (χ4v) is 1.24. The minimum absolute atomic E-state index is 0.0132. The van der Waals surface area contributed by atoms with E-state index in [1.165, 1.54) is 0 Å². The van der Waals surface area contributed by atoms with Crippen LogP contribution < -0.4 is 0 Å². The molecule has 12 heavy (non-hydrogen) atoms. The third kappa shape index (κ3) is 1.83. The van der Waals surface area contributed by atoms with Gasteiger partial charge in [-0.25, -0.2) is 0 Å². The van der Waals surface area contributed by atoms with Gasteiger partial charge in [-0.1, -0.05) is 26.8 Å². The molecule has 0 amide bonds. The fraction of sp³-hybridized carbons (Fsp3) is 0.500. The second-order valence-corrected chi connectivity index (χ2v) is 3.92. The summed E-state index contributed by atoms with van der Waals surface area (Å²) in [5.41, 5.74) is 1.91. The summed E-state index contributed by atoms with van der Waals surface area (Å²) in [4.78, 5) is 4.26. The molecule has 1 N–H and O–H groups in total. The quantitative estimate of drug-likeness (QED) is 0.689. The minimum Gasteiger partial charge on any atom is -0.392 e. The molecule has 0 aromatic carbocycles. The number of hydrogen-bond donors (Lipinski definition) is 1. The van der Waals surface area contributed by atoms with Gasteiger partial charge in [-0.05, 0) is 11.6 Å². The number of nitrogens with zero attached hydrogens (tertiary/aromatic N) is 1. The van der Waals surface area contributed by atoms with Crippen molar-refractivity contribution in [2.24, 2.45) is 0 Å². The first-order chi connectivity index (χ1) is 5.55. The molecule has 2 nitrogen and oxygen atoms in total. The maximum atomic E-state index is 9.04. The van der Waals surface area contributed by atoms with Crippen LogP contribution in [0.1, 0.15) is 32.0 Å². The molecule has 0 aliphatic carbocycles. The van der Waals surface area contributed by atoms with E-state index in [0.29, 0.717) is 0 Å². The second-order valence-electron chi connectivity index (χ2n) is 3.92. The molecule has 0 bridgehead atoms. The Labute approximate surface area is 73.3 Å². The number of hydrogen-bond acceptors (Lipinski definition) is 2. The van der Waals surface area contributed by atoms with Gasteiger partial charge in [0, 0.05) is 11.6 Å². The molecule has 1 aromatic rings. The zero-order chi connectivity index (χ0) is 9.19. The summed E-state index contributed by atoms with van der Waals surface area (Å²) in [6.45, 7) is 6.35.